The van der Waals surface area contributed by atoms with Crippen LogP contribution >= 0.6 is 0 Å². The van der Waals surface area contributed by atoms with E-state index in [4.69, 9.17) is 4.74 Å². The fourth-order valence-electron chi connectivity index (χ4n) is 8.03. The highest BCUT2D eigenvalue weighted by Crippen LogP contribution is 2.56. The van der Waals surface area contributed by atoms with Crippen LogP contribution in [0.1, 0.15) is 91.2 Å². The Morgan fingerprint density at radius 2 is 1.65 bits per heavy atom. The Morgan fingerprint density at radius 1 is 0.898 bits per heavy atom. The predicted molar refractivity (Wildman–Crippen MR) is 188 cm³/mol. The molecule has 8 heteroatoms. The normalized spacial score (nSPS) is 18.8. The number of halogens is 2. The van der Waals surface area contributed by atoms with Crippen LogP contribution in [-0.4, -0.2) is 28.7 Å². The molecule has 3 aromatic carbocycles. The third kappa shape index (κ3) is 5.65. The van der Waals surface area contributed by atoms with Gasteiger partial charge in [-0.15, -0.1) is 0 Å². The maximum Gasteiger partial charge on any atom is 0.277 e. The largest absolute Gasteiger partial charge is 0.482 e. The number of hydrogen-bond donors (Lipinski definition) is 0. The second-order valence-electron chi connectivity index (χ2n) is 13.9. The van der Waals surface area contributed by atoms with Crippen LogP contribution in [0.15, 0.2) is 89.4 Å². The van der Waals surface area contributed by atoms with Gasteiger partial charge in [-0.25, -0.2) is 8.78 Å². The highest BCUT2D eigenvalue weighted by atomic mass is 19.2. The zero-order valence-electron chi connectivity index (χ0n) is 28.4. The van der Waals surface area contributed by atoms with Crippen molar-refractivity contribution in [2.24, 2.45) is 11.8 Å². The number of pyridine rings is 1. The Kier molecular flexibility index (Phi) is 8.90. The maximum atomic E-state index is 15.2. The van der Waals surface area contributed by atoms with E-state index in [0.717, 1.165) is 54.4 Å². The molecule has 3 aliphatic rings. The van der Waals surface area contributed by atoms with Gasteiger partial charge in [0.1, 0.15) is 18.8 Å². The summed E-state index contributed by atoms with van der Waals surface area (Å²) in [5.74, 6) is -1.27. The lowest BCUT2D eigenvalue weighted by Gasteiger charge is -2.50. The van der Waals surface area contributed by atoms with Gasteiger partial charge in [-0.2, -0.15) is 0 Å². The van der Waals surface area contributed by atoms with Crippen molar-refractivity contribution < 1.29 is 18.3 Å². The zero-order chi connectivity index (χ0) is 34.3. The lowest BCUT2D eigenvalue weighted by molar-refractivity contribution is 0.0621. The third-order valence-corrected chi connectivity index (χ3v) is 10.7. The van der Waals surface area contributed by atoms with E-state index in [1.807, 2.05) is 59.5 Å². The van der Waals surface area contributed by atoms with E-state index in [0.29, 0.717) is 30.0 Å². The van der Waals surface area contributed by atoms with Crippen molar-refractivity contribution in [2.75, 3.05) is 18.2 Å². The molecule has 0 fully saturated rings. The first-order chi connectivity index (χ1) is 23.8. The number of carbonyl (C=O) groups is 1. The van der Waals surface area contributed by atoms with Gasteiger partial charge in [-0.3, -0.25) is 19.3 Å². The number of fused-ring (bicyclic) bond motifs is 6. The molecule has 7 rings (SSSR count). The average Bonchev–Trinajstić information content (AvgIpc) is 3.59. The van der Waals surface area contributed by atoms with E-state index >= 15 is 4.39 Å². The lowest BCUT2D eigenvalue weighted by atomic mass is 9.83. The molecule has 2 aliphatic carbocycles. The standard InChI is InChI=1S/C41H43F2N3O3/c1-4-11-28(17-16-27(3)5-2)24-44-26-46(45-19-18-37(47)39(38(45)40(44)48)49-25-29-12-7-6-8-13-29)41-32(20-30-14-9-10-15-33(30)41)21-31-22-35(42)36(43)23-34(31)41/h6-10,12-15,18-20,22-23,27-28H,4-5,11,16-17,21,24-26H2,1-3H3. The first-order valence-corrected chi connectivity index (χ1v) is 17.5. The van der Waals surface area contributed by atoms with Crippen molar-refractivity contribution in [1.29, 1.82) is 0 Å². The minimum Gasteiger partial charge on any atom is -0.482 e. The minimum atomic E-state index is -1.04. The molecule has 4 aromatic rings. The van der Waals surface area contributed by atoms with E-state index in [-0.39, 0.29) is 42.0 Å². The Balaban J connectivity index is 1.41. The quantitative estimate of drug-likeness (QED) is 0.153. The zero-order valence-corrected chi connectivity index (χ0v) is 28.4. The second-order valence-corrected chi connectivity index (χ2v) is 13.9. The molecule has 6 nitrogen and oxygen atoms in total. The summed E-state index contributed by atoms with van der Waals surface area (Å²) in [7, 11) is 0. The number of hydrogen-bond acceptors (Lipinski definition) is 4. The molecular formula is C41H43F2N3O3. The number of carbonyl (C=O) groups excluding carboxylic acids is 1. The number of nitrogens with zero attached hydrogens (tertiary/aromatic N) is 3. The summed E-state index contributed by atoms with van der Waals surface area (Å²) in [6.07, 6.45) is 9.25. The number of rotatable bonds is 12. The van der Waals surface area contributed by atoms with Crippen LogP contribution in [0, 0.1) is 23.5 Å². The summed E-state index contributed by atoms with van der Waals surface area (Å²) in [5.41, 5.74) is 3.77. The number of ether oxygens (including phenoxy) is 1. The molecule has 0 radical (unpaired) electrons. The Bertz CT molecular complexity index is 1970. The SMILES string of the molecule is CCCC(CCC(C)CC)CN1CN(C23C(=Cc4ccccc42)Cc2cc(F)c(F)cc23)n2ccc(=O)c(OCc3ccccc3)c2C1=O. The van der Waals surface area contributed by atoms with Crippen LogP contribution in [0.3, 0.4) is 0 Å². The fourth-order valence-corrected chi connectivity index (χ4v) is 8.03. The second kappa shape index (κ2) is 13.3. The smallest absolute Gasteiger partial charge is 0.277 e. The monoisotopic (exact) mass is 663 g/mol. The van der Waals surface area contributed by atoms with E-state index < -0.39 is 17.2 Å². The van der Waals surface area contributed by atoms with Gasteiger partial charge in [0, 0.05) is 18.8 Å². The number of aromatic nitrogens is 1. The summed E-state index contributed by atoms with van der Waals surface area (Å²) >= 11 is 0. The van der Waals surface area contributed by atoms with Crippen LogP contribution < -0.4 is 15.2 Å². The van der Waals surface area contributed by atoms with Gasteiger partial charge < -0.3 is 9.64 Å². The molecule has 49 heavy (non-hydrogen) atoms. The Labute approximate surface area is 286 Å². The molecule has 1 amide bonds. The Hall–Kier alpha value is -4.72. The van der Waals surface area contributed by atoms with Crippen molar-refractivity contribution in [3.8, 4) is 5.75 Å². The topological polar surface area (TPSA) is 54.8 Å². The van der Waals surface area contributed by atoms with Gasteiger partial charge in [0.25, 0.3) is 5.91 Å². The fraction of sp³-hybridized carbons (Fsp3) is 0.366. The summed E-state index contributed by atoms with van der Waals surface area (Å²) in [4.78, 5) is 30.2. The molecule has 254 valence electrons. The molecule has 0 spiro atoms. The number of amides is 1. The molecule has 0 N–H and O–H groups in total. The molecule has 3 atom stereocenters. The molecular weight excluding hydrogens is 620 g/mol. The molecule has 1 aliphatic heterocycles. The first kappa shape index (κ1) is 32.8. The van der Waals surface area contributed by atoms with Gasteiger partial charge in [-0.05, 0) is 76.6 Å². The molecule has 0 saturated carbocycles. The van der Waals surface area contributed by atoms with E-state index in [1.54, 1.807) is 10.9 Å². The summed E-state index contributed by atoms with van der Waals surface area (Å²) in [6, 6.07) is 21.5. The highest BCUT2D eigenvalue weighted by molar-refractivity contribution is 5.96. The highest BCUT2D eigenvalue weighted by Gasteiger charge is 2.55. The van der Waals surface area contributed by atoms with Crippen molar-refractivity contribution >= 4 is 12.0 Å². The van der Waals surface area contributed by atoms with Crippen LogP contribution in [0.5, 0.6) is 5.75 Å². The summed E-state index contributed by atoms with van der Waals surface area (Å²) in [6.45, 7) is 7.43. The molecule has 2 heterocycles. The van der Waals surface area contributed by atoms with Crippen LogP contribution in [0.25, 0.3) is 6.08 Å². The van der Waals surface area contributed by atoms with E-state index in [9.17, 15) is 14.0 Å². The van der Waals surface area contributed by atoms with Gasteiger partial charge in [0.2, 0.25) is 5.43 Å². The lowest BCUT2D eigenvalue weighted by Crippen LogP contribution is -2.62. The maximum absolute atomic E-state index is 15.2. The summed E-state index contributed by atoms with van der Waals surface area (Å²) < 4.78 is 38.0. The van der Waals surface area contributed by atoms with Crippen molar-refractivity contribution in [3.05, 3.63) is 140 Å². The van der Waals surface area contributed by atoms with Crippen molar-refractivity contribution in [3.63, 3.8) is 0 Å². The van der Waals surface area contributed by atoms with Crippen LogP contribution in [-0.2, 0) is 18.6 Å². The van der Waals surface area contributed by atoms with Crippen LogP contribution in [0.2, 0.25) is 0 Å². The van der Waals surface area contributed by atoms with Crippen molar-refractivity contribution in [2.45, 2.75) is 71.4 Å². The van der Waals surface area contributed by atoms with Crippen LogP contribution in [0.4, 0.5) is 8.78 Å². The average molecular weight is 664 g/mol. The molecule has 3 unspecified atom stereocenters. The van der Waals surface area contributed by atoms with Gasteiger partial charge in [0.05, 0.1) is 0 Å². The van der Waals surface area contributed by atoms with Gasteiger partial charge >= 0.3 is 0 Å². The Morgan fingerprint density at radius 3 is 2.43 bits per heavy atom. The first-order valence-electron chi connectivity index (χ1n) is 17.5. The third-order valence-electron chi connectivity index (χ3n) is 10.7. The summed E-state index contributed by atoms with van der Waals surface area (Å²) in [5, 5.41) is 2.07. The van der Waals surface area contributed by atoms with E-state index in [2.05, 4.69) is 31.9 Å². The number of benzene rings is 3. The van der Waals surface area contributed by atoms with Crippen molar-refractivity contribution in [1.82, 2.24) is 9.58 Å². The van der Waals surface area contributed by atoms with Gasteiger partial charge in [-0.1, -0.05) is 101 Å². The molecule has 0 bridgehead atoms. The molecule has 0 saturated heterocycles. The predicted octanol–water partition coefficient (Wildman–Crippen LogP) is 8.20. The van der Waals surface area contributed by atoms with E-state index in [1.165, 1.54) is 18.2 Å². The minimum absolute atomic E-state index is 0.0191. The molecule has 1 aromatic heterocycles. The van der Waals surface area contributed by atoms with Gasteiger partial charge in [0.15, 0.2) is 23.1 Å².